The van der Waals surface area contributed by atoms with E-state index in [2.05, 4.69) is 42.0 Å². The molecule has 2 aromatic rings. The molecule has 0 aliphatic carbocycles. The summed E-state index contributed by atoms with van der Waals surface area (Å²) in [6.07, 6.45) is 2.21. The van der Waals surface area contributed by atoms with Gasteiger partial charge in [-0.1, -0.05) is 26.0 Å². The highest BCUT2D eigenvalue weighted by atomic mass is 19.1. The second-order valence-electron chi connectivity index (χ2n) is 14.5. The largest absolute Gasteiger partial charge is 0.444 e. The van der Waals surface area contributed by atoms with Gasteiger partial charge in [-0.25, -0.2) is 9.18 Å². The highest BCUT2D eigenvalue weighted by Gasteiger charge is 2.42. The van der Waals surface area contributed by atoms with Crippen LogP contribution in [0, 0.1) is 5.82 Å². The molecule has 0 saturated carbocycles. The molecule has 2 unspecified atom stereocenters. The number of carbonyl (C=O) groups is 2. The molecule has 3 aliphatic heterocycles. The molecule has 2 saturated heterocycles. The molecule has 1 N–H and O–H groups in total. The van der Waals surface area contributed by atoms with Crippen LogP contribution >= 0.6 is 0 Å². The Morgan fingerprint density at radius 2 is 1.80 bits per heavy atom. The van der Waals surface area contributed by atoms with E-state index in [1.54, 1.807) is 17.0 Å². The molecule has 2 amide bonds. The first-order valence-electron chi connectivity index (χ1n) is 15.9. The number of amides is 2. The predicted octanol–water partition coefficient (Wildman–Crippen LogP) is 4.04. The van der Waals surface area contributed by atoms with Crippen molar-refractivity contribution in [2.75, 3.05) is 57.3 Å². The minimum absolute atomic E-state index is 0.0565. The minimum Gasteiger partial charge on any atom is -0.444 e. The number of benzene rings is 1. The Labute approximate surface area is 261 Å². The lowest BCUT2D eigenvalue weighted by molar-refractivity contribution is -0.137. The van der Waals surface area contributed by atoms with Crippen molar-refractivity contribution in [3.63, 3.8) is 0 Å². The van der Waals surface area contributed by atoms with Crippen LogP contribution in [0.5, 0.6) is 0 Å². The van der Waals surface area contributed by atoms with Crippen LogP contribution in [0.2, 0.25) is 0 Å². The van der Waals surface area contributed by atoms with Crippen molar-refractivity contribution in [3.8, 4) is 0 Å². The van der Waals surface area contributed by atoms with Gasteiger partial charge in [0.1, 0.15) is 11.4 Å². The van der Waals surface area contributed by atoms with Crippen LogP contribution in [-0.4, -0.2) is 108 Å². The standard InChI is InChI=1S/C34H49FN6O3/c1-23-16-36-12-13-38(23)19-28-20-40(32(43)44-33(3,4)5)24(2)18-41(28)30(42)21-39-22-34(6,7)31-29(39)15-26(17-37-31)14-25-8-10-27(35)11-9-25/h8-11,15,17,23-24,28,36H,12-14,16,18-22H2,1-7H3/t23-,24?,28?/m1/s1. The van der Waals surface area contributed by atoms with E-state index >= 15 is 0 Å². The Hall–Kier alpha value is -3.24. The Morgan fingerprint density at radius 1 is 1.07 bits per heavy atom. The number of halogens is 1. The molecule has 2 fully saturated rings. The number of hydrogen-bond donors (Lipinski definition) is 1. The molecule has 3 aliphatic rings. The van der Waals surface area contributed by atoms with Crippen LogP contribution in [0.15, 0.2) is 36.5 Å². The number of pyridine rings is 1. The van der Waals surface area contributed by atoms with Crippen LogP contribution in [0.25, 0.3) is 0 Å². The zero-order valence-corrected chi connectivity index (χ0v) is 27.4. The summed E-state index contributed by atoms with van der Waals surface area (Å²) in [5.74, 6) is -0.195. The first-order chi connectivity index (χ1) is 20.7. The third kappa shape index (κ3) is 7.34. The highest BCUT2D eigenvalue weighted by Crippen LogP contribution is 2.39. The fraction of sp³-hybridized carbons (Fsp3) is 0.618. The van der Waals surface area contributed by atoms with Gasteiger partial charge < -0.3 is 24.8 Å². The molecular weight excluding hydrogens is 559 g/mol. The normalized spacial score (nSPS) is 23.9. The van der Waals surface area contributed by atoms with E-state index in [1.165, 1.54) is 12.1 Å². The van der Waals surface area contributed by atoms with Gasteiger partial charge in [-0.3, -0.25) is 14.7 Å². The number of rotatable bonds is 6. The van der Waals surface area contributed by atoms with Gasteiger partial charge in [-0.05, 0) is 70.4 Å². The van der Waals surface area contributed by atoms with Gasteiger partial charge in [0.2, 0.25) is 5.91 Å². The fourth-order valence-electron chi connectivity index (χ4n) is 6.72. The molecule has 1 aromatic heterocycles. The number of carbonyl (C=O) groups excluding carboxylic acids is 2. The Balaban J connectivity index is 1.36. The lowest BCUT2D eigenvalue weighted by atomic mass is 9.91. The lowest BCUT2D eigenvalue weighted by Crippen LogP contribution is -2.65. The summed E-state index contributed by atoms with van der Waals surface area (Å²) in [6.45, 7) is 19.4. The van der Waals surface area contributed by atoms with Crippen LogP contribution in [0.3, 0.4) is 0 Å². The van der Waals surface area contributed by atoms with Gasteiger partial charge in [-0.15, -0.1) is 0 Å². The van der Waals surface area contributed by atoms with E-state index in [0.29, 0.717) is 38.6 Å². The summed E-state index contributed by atoms with van der Waals surface area (Å²) in [4.78, 5) is 40.7. The average molecular weight is 609 g/mol. The number of ether oxygens (including phenoxy) is 1. The number of anilines is 1. The number of piperazine rings is 2. The number of nitrogens with one attached hydrogen (secondary N) is 1. The zero-order chi connectivity index (χ0) is 31.8. The number of fused-ring (bicyclic) bond motifs is 1. The number of hydrogen-bond acceptors (Lipinski definition) is 7. The van der Waals surface area contributed by atoms with Crippen molar-refractivity contribution in [2.24, 2.45) is 0 Å². The smallest absolute Gasteiger partial charge is 0.410 e. The molecule has 44 heavy (non-hydrogen) atoms. The number of nitrogens with zero attached hydrogens (tertiary/aromatic N) is 5. The van der Waals surface area contributed by atoms with E-state index in [4.69, 9.17) is 9.72 Å². The fourth-order valence-corrected chi connectivity index (χ4v) is 6.72. The summed E-state index contributed by atoms with van der Waals surface area (Å²) < 4.78 is 19.2. The Kier molecular flexibility index (Phi) is 9.23. The molecule has 240 valence electrons. The average Bonchev–Trinajstić information content (AvgIpc) is 3.19. The molecular formula is C34H49FN6O3. The molecule has 0 bridgehead atoms. The van der Waals surface area contributed by atoms with Gasteiger partial charge in [-0.2, -0.15) is 0 Å². The van der Waals surface area contributed by atoms with Crippen molar-refractivity contribution in [2.45, 2.75) is 84.0 Å². The molecule has 10 heteroatoms. The number of aromatic nitrogens is 1. The molecule has 0 radical (unpaired) electrons. The summed E-state index contributed by atoms with van der Waals surface area (Å²) in [7, 11) is 0. The van der Waals surface area contributed by atoms with E-state index in [1.807, 2.05) is 38.8 Å². The molecule has 5 rings (SSSR count). The van der Waals surface area contributed by atoms with Crippen LogP contribution in [0.4, 0.5) is 14.9 Å². The molecule has 4 heterocycles. The summed E-state index contributed by atoms with van der Waals surface area (Å²) in [5, 5.41) is 3.45. The van der Waals surface area contributed by atoms with Crippen molar-refractivity contribution in [3.05, 3.63) is 59.2 Å². The summed E-state index contributed by atoms with van der Waals surface area (Å²) in [6, 6.07) is 8.71. The SMILES string of the molecule is CC1CN(C(=O)CN2CC(C)(C)c3ncc(Cc4ccc(F)cc4)cc32)C(CN2CCNC[C@H]2C)CN1C(=O)OC(C)(C)C. The van der Waals surface area contributed by atoms with E-state index in [-0.39, 0.29) is 41.9 Å². The molecule has 3 atom stereocenters. The van der Waals surface area contributed by atoms with Gasteiger partial charge >= 0.3 is 6.09 Å². The van der Waals surface area contributed by atoms with Gasteiger partial charge in [0.05, 0.1) is 24.0 Å². The van der Waals surface area contributed by atoms with Crippen molar-refractivity contribution in [1.82, 2.24) is 25.0 Å². The maximum atomic E-state index is 14.2. The monoisotopic (exact) mass is 608 g/mol. The van der Waals surface area contributed by atoms with Gasteiger partial charge in [0, 0.05) is 69.5 Å². The predicted molar refractivity (Wildman–Crippen MR) is 170 cm³/mol. The lowest BCUT2D eigenvalue weighted by Gasteiger charge is -2.48. The van der Waals surface area contributed by atoms with E-state index < -0.39 is 5.60 Å². The molecule has 9 nitrogen and oxygen atoms in total. The van der Waals surface area contributed by atoms with Crippen molar-refractivity contribution < 1.29 is 18.7 Å². The van der Waals surface area contributed by atoms with Crippen LogP contribution < -0.4 is 10.2 Å². The third-order valence-electron chi connectivity index (χ3n) is 9.01. The topological polar surface area (TPSA) is 81.3 Å². The maximum absolute atomic E-state index is 14.2. The Morgan fingerprint density at radius 3 is 2.48 bits per heavy atom. The van der Waals surface area contributed by atoms with Crippen LogP contribution in [-0.2, 0) is 21.4 Å². The first-order valence-corrected chi connectivity index (χ1v) is 15.9. The van der Waals surface area contributed by atoms with Crippen molar-refractivity contribution in [1.29, 1.82) is 0 Å². The second kappa shape index (κ2) is 12.6. The Bertz CT molecular complexity index is 1340. The summed E-state index contributed by atoms with van der Waals surface area (Å²) in [5.41, 5.74) is 3.21. The zero-order valence-electron chi connectivity index (χ0n) is 27.4. The maximum Gasteiger partial charge on any atom is 0.410 e. The summed E-state index contributed by atoms with van der Waals surface area (Å²) >= 11 is 0. The molecule has 1 aromatic carbocycles. The van der Waals surface area contributed by atoms with Crippen LogP contribution in [0.1, 0.15) is 65.3 Å². The van der Waals surface area contributed by atoms with Gasteiger partial charge in [0.15, 0.2) is 0 Å². The third-order valence-corrected chi connectivity index (χ3v) is 9.01. The first kappa shape index (κ1) is 32.2. The van der Waals surface area contributed by atoms with Gasteiger partial charge in [0.25, 0.3) is 0 Å². The molecule has 0 spiro atoms. The quantitative estimate of drug-likeness (QED) is 0.530. The van der Waals surface area contributed by atoms with E-state index in [0.717, 1.165) is 42.1 Å². The van der Waals surface area contributed by atoms with Crippen molar-refractivity contribution >= 4 is 17.7 Å². The highest BCUT2D eigenvalue weighted by molar-refractivity contribution is 5.83. The van der Waals surface area contributed by atoms with E-state index in [9.17, 15) is 14.0 Å². The minimum atomic E-state index is -0.591. The second-order valence-corrected chi connectivity index (χ2v) is 14.5.